The molecule has 13 heavy (non-hydrogen) atoms. The van der Waals surface area contributed by atoms with Gasteiger partial charge in [0.05, 0.1) is 0 Å². The zero-order valence-corrected chi connectivity index (χ0v) is 8.52. The van der Waals surface area contributed by atoms with Gasteiger partial charge in [-0.05, 0) is 11.8 Å². The van der Waals surface area contributed by atoms with Crippen LogP contribution in [0, 0.1) is 11.8 Å². The molecule has 4 heteroatoms. The van der Waals surface area contributed by atoms with Gasteiger partial charge in [-0.15, -0.1) is 0 Å². The summed E-state index contributed by atoms with van der Waals surface area (Å²) in [6.45, 7) is 7.92. The van der Waals surface area contributed by atoms with E-state index in [1.54, 1.807) is 0 Å². The van der Waals surface area contributed by atoms with Gasteiger partial charge in [0, 0.05) is 0 Å². The number of rotatable bonds is 4. The second kappa shape index (κ2) is 5.49. The summed E-state index contributed by atoms with van der Waals surface area (Å²) in [7, 11) is 0. The molecule has 0 radical (unpaired) electrons. The first-order valence-corrected chi connectivity index (χ1v) is 4.37. The summed E-state index contributed by atoms with van der Waals surface area (Å²) in [5.41, 5.74) is 8.10. The van der Waals surface area contributed by atoms with Crippen molar-refractivity contribution < 1.29 is 14.3 Å². The maximum Gasteiger partial charge on any atom is 0.413 e. The van der Waals surface area contributed by atoms with Gasteiger partial charge in [-0.3, -0.25) is 0 Å². The molecule has 4 nitrogen and oxygen atoms in total. The van der Waals surface area contributed by atoms with Crippen molar-refractivity contribution >= 4 is 12.2 Å². The molecule has 0 saturated heterocycles. The second-order valence-corrected chi connectivity index (χ2v) is 3.63. The first kappa shape index (κ1) is 11.8. The summed E-state index contributed by atoms with van der Waals surface area (Å²) in [5, 5.41) is 0. The zero-order chi connectivity index (χ0) is 10.4. The van der Waals surface area contributed by atoms with E-state index in [9.17, 15) is 4.79 Å². The van der Waals surface area contributed by atoms with Crippen LogP contribution in [0.1, 0.15) is 27.7 Å². The fourth-order valence-electron chi connectivity index (χ4n) is 1.25. The molecule has 0 aromatic heterocycles. The molecule has 0 unspecified atom stereocenters. The number of hydrogen-bond acceptors (Lipinski definition) is 2. The van der Waals surface area contributed by atoms with Crippen molar-refractivity contribution in [2.45, 2.75) is 33.8 Å². The third kappa shape index (κ3) is 4.43. The third-order valence-electron chi connectivity index (χ3n) is 1.73. The Balaban J connectivity index is 4.26. The summed E-state index contributed by atoms with van der Waals surface area (Å²) in [5.74, 6) is -0.0815. The van der Waals surface area contributed by atoms with Crippen LogP contribution in [0.5, 0.6) is 0 Å². The average molecular weight is 184 g/mol. The SMILES string of the molecule is CC(C)C(OC(=O)C=[N+]=[N-])C(C)C. The topological polar surface area (TPSA) is 62.7 Å². The molecule has 0 spiro atoms. The van der Waals surface area contributed by atoms with E-state index in [4.69, 9.17) is 10.3 Å². The summed E-state index contributed by atoms with van der Waals surface area (Å²) in [6, 6.07) is 0. The molecule has 0 N–H and O–H groups in total. The maximum atomic E-state index is 10.9. The molecule has 0 bridgehead atoms. The van der Waals surface area contributed by atoms with Crippen molar-refractivity contribution in [3.05, 3.63) is 5.53 Å². The van der Waals surface area contributed by atoms with Gasteiger partial charge in [-0.1, -0.05) is 27.7 Å². The van der Waals surface area contributed by atoms with E-state index in [0.717, 1.165) is 6.21 Å². The van der Waals surface area contributed by atoms with Gasteiger partial charge in [0.25, 0.3) is 0 Å². The van der Waals surface area contributed by atoms with Crippen molar-refractivity contribution in [2.75, 3.05) is 0 Å². The molecule has 0 heterocycles. The Labute approximate surface area is 78.5 Å². The van der Waals surface area contributed by atoms with Gasteiger partial charge in [0.2, 0.25) is 0 Å². The van der Waals surface area contributed by atoms with Gasteiger partial charge in [-0.2, -0.15) is 4.79 Å². The first-order valence-electron chi connectivity index (χ1n) is 4.37. The minimum Gasteiger partial charge on any atom is -0.453 e. The van der Waals surface area contributed by atoms with Gasteiger partial charge in [-0.25, -0.2) is 4.79 Å². The molecule has 0 aliphatic carbocycles. The Morgan fingerprint density at radius 2 is 1.77 bits per heavy atom. The van der Waals surface area contributed by atoms with Crippen LogP contribution in [0.3, 0.4) is 0 Å². The molecule has 74 valence electrons. The van der Waals surface area contributed by atoms with Crippen LogP contribution in [-0.2, 0) is 9.53 Å². The largest absolute Gasteiger partial charge is 0.453 e. The molecule has 0 aromatic carbocycles. The molecule has 0 amide bonds. The van der Waals surface area contributed by atoms with E-state index in [1.807, 2.05) is 27.7 Å². The molecular weight excluding hydrogens is 168 g/mol. The number of hydrogen-bond donors (Lipinski definition) is 0. The van der Waals surface area contributed by atoms with Crippen molar-refractivity contribution in [1.82, 2.24) is 0 Å². The van der Waals surface area contributed by atoms with Crippen molar-refractivity contribution in [3.8, 4) is 0 Å². The highest BCUT2D eigenvalue weighted by Crippen LogP contribution is 2.15. The van der Waals surface area contributed by atoms with Crippen molar-refractivity contribution in [2.24, 2.45) is 11.8 Å². The van der Waals surface area contributed by atoms with E-state index in [0.29, 0.717) is 0 Å². The quantitative estimate of drug-likeness (QED) is 0.288. The molecule has 0 rings (SSSR count). The van der Waals surface area contributed by atoms with Crippen LogP contribution >= 0.6 is 0 Å². The van der Waals surface area contributed by atoms with Crippen LogP contribution in [0.25, 0.3) is 5.53 Å². The fourth-order valence-corrected chi connectivity index (χ4v) is 1.25. The van der Waals surface area contributed by atoms with Gasteiger partial charge >= 0.3 is 12.2 Å². The van der Waals surface area contributed by atoms with E-state index in [2.05, 4.69) is 4.79 Å². The van der Waals surface area contributed by atoms with Gasteiger partial charge in [0.15, 0.2) is 0 Å². The minimum absolute atomic E-state index is 0.134. The lowest BCUT2D eigenvalue weighted by Gasteiger charge is -2.23. The highest BCUT2D eigenvalue weighted by atomic mass is 16.5. The Morgan fingerprint density at radius 1 is 1.31 bits per heavy atom. The molecule has 0 aliphatic heterocycles. The van der Waals surface area contributed by atoms with E-state index >= 15 is 0 Å². The lowest BCUT2D eigenvalue weighted by molar-refractivity contribution is -0.148. The van der Waals surface area contributed by atoms with Crippen LogP contribution in [0.15, 0.2) is 0 Å². The van der Waals surface area contributed by atoms with Crippen LogP contribution in [-0.4, -0.2) is 23.1 Å². The lowest BCUT2D eigenvalue weighted by atomic mass is 9.96. The van der Waals surface area contributed by atoms with Crippen LogP contribution in [0.2, 0.25) is 0 Å². The monoisotopic (exact) mass is 184 g/mol. The van der Waals surface area contributed by atoms with Crippen LogP contribution < -0.4 is 0 Å². The van der Waals surface area contributed by atoms with E-state index < -0.39 is 5.97 Å². The summed E-state index contributed by atoms with van der Waals surface area (Å²) < 4.78 is 5.07. The van der Waals surface area contributed by atoms with Crippen molar-refractivity contribution in [1.29, 1.82) is 0 Å². The first-order chi connectivity index (χ1) is 5.99. The second-order valence-electron chi connectivity index (χ2n) is 3.63. The van der Waals surface area contributed by atoms with Crippen molar-refractivity contribution in [3.63, 3.8) is 0 Å². The Morgan fingerprint density at radius 3 is 2.08 bits per heavy atom. The van der Waals surface area contributed by atoms with E-state index in [1.165, 1.54) is 0 Å². The van der Waals surface area contributed by atoms with Gasteiger partial charge in [0.1, 0.15) is 6.10 Å². The molecule has 0 fully saturated rings. The standard InChI is InChI=1S/C9H16N2O2/c1-6(2)9(7(3)4)13-8(12)5-11-10/h5-7,9H,1-4H3. The van der Waals surface area contributed by atoms with Gasteiger partial charge < -0.3 is 10.3 Å². The average Bonchev–Trinajstić information content (AvgIpc) is 1.99. The molecule has 0 aromatic rings. The highest BCUT2D eigenvalue weighted by molar-refractivity contribution is 6.20. The predicted molar refractivity (Wildman–Crippen MR) is 49.2 cm³/mol. The smallest absolute Gasteiger partial charge is 0.413 e. The minimum atomic E-state index is -0.602. The maximum absolute atomic E-state index is 10.9. The lowest BCUT2D eigenvalue weighted by Crippen LogP contribution is -2.29. The Kier molecular flexibility index (Phi) is 5.00. The Bertz CT molecular complexity index is 210. The highest BCUT2D eigenvalue weighted by Gasteiger charge is 2.22. The Hall–Kier alpha value is -1.15. The summed E-state index contributed by atoms with van der Waals surface area (Å²) >= 11 is 0. The van der Waals surface area contributed by atoms with Crippen LogP contribution in [0.4, 0.5) is 0 Å². The fraction of sp³-hybridized carbons (Fsp3) is 0.778. The molecule has 0 aliphatic rings. The normalized spacial score (nSPS) is 10.4. The molecule has 0 atom stereocenters. The predicted octanol–water partition coefficient (Wildman–Crippen LogP) is 1.51. The van der Waals surface area contributed by atoms with E-state index in [-0.39, 0.29) is 17.9 Å². The summed E-state index contributed by atoms with van der Waals surface area (Å²) in [4.78, 5) is 13.5. The zero-order valence-electron chi connectivity index (χ0n) is 8.52. The number of nitrogens with zero attached hydrogens (tertiary/aromatic N) is 2. The third-order valence-corrected chi connectivity index (χ3v) is 1.73. The summed E-state index contributed by atoms with van der Waals surface area (Å²) in [6.07, 6.45) is 0.628. The number of ether oxygens (including phenoxy) is 1. The molecular formula is C9H16N2O2. The number of esters is 1. The molecule has 0 saturated carbocycles. The number of carbonyl (C=O) groups is 1. The number of carbonyl (C=O) groups excluding carboxylic acids is 1.